The maximum Gasteiger partial charge on any atom is 0.267 e. The molecule has 0 saturated carbocycles. The molecule has 0 saturated heterocycles. The van der Waals surface area contributed by atoms with E-state index in [4.69, 9.17) is 12.2 Å². The Bertz CT molecular complexity index is 526. The second kappa shape index (κ2) is 5.49. The van der Waals surface area contributed by atoms with Crippen molar-refractivity contribution in [2.45, 2.75) is 12.8 Å². The van der Waals surface area contributed by atoms with Gasteiger partial charge in [0.25, 0.3) is 5.91 Å². The Hall–Kier alpha value is -1.82. The molecule has 0 fully saturated rings. The highest BCUT2D eigenvalue weighted by atomic mass is 32.1. The zero-order chi connectivity index (χ0) is 12.1. The van der Waals surface area contributed by atoms with Crippen molar-refractivity contribution < 1.29 is 4.79 Å². The van der Waals surface area contributed by atoms with Gasteiger partial charge in [0.2, 0.25) is 0 Å². The van der Waals surface area contributed by atoms with Crippen LogP contribution in [-0.2, 0) is 6.42 Å². The second-order valence-electron chi connectivity index (χ2n) is 3.71. The zero-order valence-electron chi connectivity index (χ0n) is 9.25. The highest BCUT2D eigenvalue weighted by molar-refractivity contribution is 7.71. The number of nitrogens with one attached hydrogen (secondary N) is 4. The second-order valence-corrected chi connectivity index (χ2v) is 4.12. The lowest BCUT2D eigenvalue weighted by atomic mass is 10.2. The third-order valence-corrected chi connectivity index (χ3v) is 2.62. The molecule has 90 valence electrons. The fourth-order valence-electron chi connectivity index (χ4n) is 1.55. The number of carbonyl (C=O) groups is 1. The number of amides is 1. The molecule has 0 spiro atoms. The van der Waals surface area contributed by atoms with Gasteiger partial charge in [-0.25, -0.2) is 0 Å². The van der Waals surface area contributed by atoms with Crippen LogP contribution in [0.15, 0.2) is 24.5 Å². The standard InChI is InChI=1S/C11H14N4OS/c16-10(9-4-2-5-12-9)13-6-1-3-8-7-14-11(17)15-8/h2,4-5,7,12H,1,3,6H2,(H,13,16)(H2,14,15,17). The van der Waals surface area contributed by atoms with Gasteiger partial charge in [-0.05, 0) is 37.2 Å². The van der Waals surface area contributed by atoms with E-state index in [0.29, 0.717) is 17.0 Å². The van der Waals surface area contributed by atoms with E-state index in [1.165, 1.54) is 0 Å². The van der Waals surface area contributed by atoms with Crippen LogP contribution in [0.5, 0.6) is 0 Å². The fraction of sp³-hybridized carbons (Fsp3) is 0.273. The maximum absolute atomic E-state index is 11.5. The zero-order valence-corrected chi connectivity index (χ0v) is 10.1. The quantitative estimate of drug-likeness (QED) is 0.482. The third-order valence-electron chi connectivity index (χ3n) is 2.40. The lowest BCUT2D eigenvalue weighted by Crippen LogP contribution is -2.25. The maximum atomic E-state index is 11.5. The molecule has 1 amide bonds. The topological polar surface area (TPSA) is 76.5 Å². The minimum atomic E-state index is -0.0722. The molecule has 0 bridgehead atoms. The summed E-state index contributed by atoms with van der Waals surface area (Å²) in [5.41, 5.74) is 1.65. The van der Waals surface area contributed by atoms with E-state index in [-0.39, 0.29) is 5.91 Å². The average molecular weight is 250 g/mol. The Labute approximate surface area is 104 Å². The van der Waals surface area contributed by atoms with Crippen LogP contribution in [0.3, 0.4) is 0 Å². The van der Waals surface area contributed by atoms with Crippen molar-refractivity contribution in [2.24, 2.45) is 0 Å². The number of H-pyrrole nitrogens is 3. The minimum Gasteiger partial charge on any atom is -0.357 e. The number of hydrogen-bond acceptors (Lipinski definition) is 2. The molecule has 0 aliphatic heterocycles. The van der Waals surface area contributed by atoms with Crippen LogP contribution in [0.4, 0.5) is 0 Å². The summed E-state index contributed by atoms with van der Waals surface area (Å²) in [5, 5.41) is 2.84. The molecule has 2 heterocycles. The minimum absolute atomic E-state index is 0.0722. The van der Waals surface area contributed by atoms with Gasteiger partial charge in [0.05, 0.1) is 0 Å². The number of rotatable bonds is 5. The molecule has 2 aromatic heterocycles. The summed E-state index contributed by atoms with van der Waals surface area (Å²) >= 11 is 4.92. The number of aryl methyl sites for hydroxylation is 1. The molecule has 0 aliphatic carbocycles. The summed E-state index contributed by atoms with van der Waals surface area (Å²) in [7, 11) is 0. The molecule has 0 aliphatic rings. The van der Waals surface area contributed by atoms with E-state index >= 15 is 0 Å². The van der Waals surface area contributed by atoms with E-state index in [0.717, 1.165) is 18.5 Å². The van der Waals surface area contributed by atoms with Crippen molar-refractivity contribution >= 4 is 18.1 Å². The fourth-order valence-corrected chi connectivity index (χ4v) is 1.74. The van der Waals surface area contributed by atoms with Crippen molar-refractivity contribution in [2.75, 3.05) is 6.54 Å². The highest BCUT2D eigenvalue weighted by Gasteiger charge is 2.04. The van der Waals surface area contributed by atoms with Crippen LogP contribution < -0.4 is 5.32 Å². The van der Waals surface area contributed by atoms with Crippen LogP contribution >= 0.6 is 12.2 Å². The molecule has 4 N–H and O–H groups in total. The van der Waals surface area contributed by atoms with Crippen LogP contribution in [0.25, 0.3) is 0 Å². The highest BCUT2D eigenvalue weighted by Crippen LogP contribution is 1.98. The molecule has 2 rings (SSSR count). The SMILES string of the molecule is O=C(NCCCc1c[nH]c(=S)[nH]1)c1ccc[nH]1. The van der Waals surface area contributed by atoms with Gasteiger partial charge in [-0.2, -0.15) is 0 Å². The van der Waals surface area contributed by atoms with Gasteiger partial charge in [0, 0.05) is 24.6 Å². The first-order chi connectivity index (χ1) is 8.25. The van der Waals surface area contributed by atoms with E-state index in [1.54, 1.807) is 18.3 Å². The molecule has 6 heteroatoms. The van der Waals surface area contributed by atoms with Gasteiger partial charge in [-0.3, -0.25) is 4.79 Å². The van der Waals surface area contributed by atoms with Gasteiger partial charge in [0.15, 0.2) is 4.77 Å². The van der Waals surface area contributed by atoms with Gasteiger partial charge < -0.3 is 20.3 Å². The van der Waals surface area contributed by atoms with Gasteiger partial charge in [0.1, 0.15) is 5.69 Å². The summed E-state index contributed by atoms with van der Waals surface area (Å²) in [5.74, 6) is -0.0722. The van der Waals surface area contributed by atoms with Gasteiger partial charge in [-0.15, -0.1) is 0 Å². The lowest BCUT2D eigenvalue weighted by Gasteiger charge is -2.02. The smallest absolute Gasteiger partial charge is 0.267 e. The normalized spacial score (nSPS) is 10.4. The third kappa shape index (κ3) is 3.32. The van der Waals surface area contributed by atoms with Crippen molar-refractivity contribution in [1.29, 1.82) is 0 Å². The van der Waals surface area contributed by atoms with E-state index in [1.807, 2.05) is 6.20 Å². The summed E-state index contributed by atoms with van der Waals surface area (Å²) in [6.07, 6.45) is 5.32. The summed E-state index contributed by atoms with van der Waals surface area (Å²) < 4.78 is 0.635. The molecular formula is C11H14N4OS. The molecule has 17 heavy (non-hydrogen) atoms. The van der Waals surface area contributed by atoms with Gasteiger partial charge in [-0.1, -0.05) is 0 Å². The Morgan fingerprint density at radius 1 is 1.41 bits per heavy atom. The first-order valence-corrected chi connectivity index (χ1v) is 5.84. The van der Waals surface area contributed by atoms with E-state index in [9.17, 15) is 4.79 Å². The predicted octanol–water partition coefficient (Wildman–Crippen LogP) is 1.76. The van der Waals surface area contributed by atoms with E-state index in [2.05, 4.69) is 20.3 Å². The molecule has 0 atom stereocenters. The lowest BCUT2D eigenvalue weighted by molar-refractivity contribution is 0.0949. The van der Waals surface area contributed by atoms with Crippen molar-refractivity contribution in [1.82, 2.24) is 20.3 Å². The van der Waals surface area contributed by atoms with Crippen molar-refractivity contribution in [3.05, 3.63) is 40.7 Å². The Kier molecular flexibility index (Phi) is 3.77. The summed E-state index contributed by atoms with van der Waals surface area (Å²) in [6.45, 7) is 0.642. The number of imidazole rings is 1. The summed E-state index contributed by atoms with van der Waals surface area (Å²) in [4.78, 5) is 20.3. The Morgan fingerprint density at radius 3 is 2.94 bits per heavy atom. The number of hydrogen-bond donors (Lipinski definition) is 4. The molecule has 2 aromatic rings. The molecule has 0 unspecified atom stereocenters. The van der Waals surface area contributed by atoms with Crippen molar-refractivity contribution in [3.63, 3.8) is 0 Å². The number of aromatic nitrogens is 3. The Morgan fingerprint density at radius 2 is 2.29 bits per heavy atom. The van der Waals surface area contributed by atoms with Crippen LogP contribution in [0.2, 0.25) is 0 Å². The van der Waals surface area contributed by atoms with Crippen LogP contribution in [0.1, 0.15) is 22.6 Å². The van der Waals surface area contributed by atoms with Gasteiger partial charge >= 0.3 is 0 Å². The van der Waals surface area contributed by atoms with Crippen LogP contribution in [-0.4, -0.2) is 27.4 Å². The van der Waals surface area contributed by atoms with E-state index < -0.39 is 0 Å². The number of aromatic amines is 3. The molecular weight excluding hydrogens is 236 g/mol. The monoisotopic (exact) mass is 250 g/mol. The molecule has 0 radical (unpaired) electrons. The number of carbonyl (C=O) groups excluding carboxylic acids is 1. The van der Waals surface area contributed by atoms with Crippen molar-refractivity contribution in [3.8, 4) is 0 Å². The molecule has 0 aromatic carbocycles. The first-order valence-electron chi connectivity index (χ1n) is 5.44. The predicted molar refractivity (Wildman–Crippen MR) is 67.4 cm³/mol. The average Bonchev–Trinajstić information content (AvgIpc) is 2.95. The largest absolute Gasteiger partial charge is 0.357 e. The molecule has 5 nitrogen and oxygen atoms in total. The van der Waals surface area contributed by atoms with Crippen LogP contribution in [0, 0.1) is 4.77 Å². The summed E-state index contributed by atoms with van der Waals surface area (Å²) in [6, 6.07) is 3.55. The first kappa shape index (κ1) is 11.7. The Balaban J connectivity index is 1.70.